The van der Waals surface area contributed by atoms with Crippen molar-refractivity contribution >= 4 is 26.2 Å². The van der Waals surface area contributed by atoms with Gasteiger partial charge in [0.25, 0.3) is 0 Å². The molecule has 0 heterocycles. The van der Waals surface area contributed by atoms with Crippen LogP contribution in [0.5, 0.6) is 0 Å². The molecular formula is H3BiN2O5. The molecule has 0 amide bonds. The molecular weight excluding hydrogens is 317 g/mol. The second kappa shape index (κ2) is 4.64. The van der Waals surface area contributed by atoms with E-state index in [1.807, 2.05) is 0 Å². The molecule has 7 nitrogen and oxygen atoms in total. The third-order valence-electron chi connectivity index (χ3n) is 0.133. The predicted octanol–water partition coefficient (Wildman–Crippen LogP) is -1.80. The first-order chi connectivity index (χ1) is 3.13. The Hall–Kier alpha value is -0.517. The van der Waals surface area contributed by atoms with Gasteiger partial charge in [-0.2, -0.15) is 0 Å². The van der Waals surface area contributed by atoms with Crippen molar-refractivity contribution in [2.45, 2.75) is 0 Å². The van der Waals surface area contributed by atoms with Crippen LogP contribution in [0, 0.1) is 20.2 Å². The molecule has 0 atom stereocenters. The van der Waals surface area contributed by atoms with Gasteiger partial charge in [-0.3, -0.25) is 0 Å². The molecule has 0 bridgehead atoms. The third-order valence-corrected chi connectivity index (χ3v) is 0.133. The zero-order valence-corrected chi connectivity index (χ0v) is 9.14. The summed E-state index contributed by atoms with van der Waals surface area (Å²) in [4.78, 5) is 20.6. The summed E-state index contributed by atoms with van der Waals surface area (Å²) in [7, 11) is 0. The molecule has 0 aromatic carbocycles. The van der Waals surface area contributed by atoms with E-state index in [0.717, 1.165) is 0 Å². The molecule has 48 valence electrons. The molecule has 0 aliphatic rings. The van der Waals surface area contributed by atoms with Crippen LogP contribution in [-0.2, 0) is 4.94 Å². The standard InChI is InChI=1S/Bi.N2O5.3H/c;3-1(4)7-2(5)6;;;. The van der Waals surface area contributed by atoms with Crippen LogP contribution in [0.4, 0.5) is 0 Å². The zero-order chi connectivity index (χ0) is 5.86. The molecule has 0 unspecified atom stereocenters. The van der Waals surface area contributed by atoms with Crippen molar-refractivity contribution in [1.29, 1.82) is 0 Å². The summed E-state index contributed by atoms with van der Waals surface area (Å²) in [5.41, 5.74) is 0. The van der Waals surface area contributed by atoms with Gasteiger partial charge in [0.15, 0.2) is 0 Å². The second-order valence-electron chi connectivity index (χ2n) is 0.529. The topological polar surface area (TPSA) is 95.5 Å². The quantitative estimate of drug-likeness (QED) is 0.340. The monoisotopic (exact) mass is 320 g/mol. The van der Waals surface area contributed by atoms with Gasteiger partial charge >= 0.3 is 36.4 Å². The van der Waals surface area contributed by atoms with Crippen LogP contribution in [0.2, 0.25) is 0 Å². The summed E-state index contributed by atoms with van der Waals surface area (Å²) in [6, 6.07) is 0. The summed E-state index contributed by atoms with van der Waals surface area (Å²) < 4.78 is 0. The van der Waals surface area contributed by atoms with E-state index in [9.17, 15) is 0 Å². The van der Waals surface area contributed by atoms with Crippen molar-refractivity contribution in [3.8, 4) is 0 Å². The van der Waals surface area contributed by atoms with E-state index in [2.05, 4.69) is 4.94 Å². The van der Waals surface area contributed by atoms with Crippen LogP contribution in [0.1, 0.15) is 0 Å². The van der Waals surface area contributed by atoms with Crippen LogP contribution < -0.4 is 0 Å². The SMILES string of the molecule is O=[N+]([O-])O[N+](=O)[O-].[BiH3]. The van der Waals surface area contributed by atoms with Crippen LogP contribution in [0.25, 0.3) is 0 Å². The van der Waals surface area contributed by atoms with Crippen LogP contribution in [0.3, 0.4) is 0 Å². The maximum atomic E-state index is 8.95. The Bertz CT molecular complexity index is 86.6. The van der Waals surface area contributed by atoms with E-state index in [-0.39, 0.29) is 26.2 Å². The minimum absolute atomic E-state index is 0. The number of hydrogen-bond acceptors (Lipinski definition) is 5. The number of hydrogen-bond donors (Lipinski definition) is 0. The van der Waals surface area contributed by atoms with E-state index < -0.39 is 10.2 Å². The van der Waals surface area contributed by atoms with Crippen molar-refractivity contribution in [3.05, 3.63) is 20.2 Å². The van der Waals surface area contributed by atoms with Crippen LogP contribution in [0.15, 0.2) is 0 Å². The normalized spacial score (nSPS) is 6.50. The van der Waals surface area contributed by atoms with Crippen molar-refractivity contribution in [1.82, 2.24) is 0 Å². The predicted molar refractivity (Wildman–Crippen MR) is 25.0 cm³/mol. The molecule has 0 aliphatic heterocycles. The first-order valence-electron chi connectivity index (χ1n) is 1.10. The van der Waals surface area contributed by atoms with Gasteiger partial charge in [-0.1, -0.05) is 0 Å². The molecule has 0 N–H and O–H groups in total. The van der Waals surface area contributed by atoms with E-state index >= 15 is 0 Å². The molecule has 0 saturated carbocycles. The molecule has 0 saturated heterocycles. The molecule has 8 heavy (non-hydrogen) atoms. The third kappa shape index (κ3) is 9.08. The Kier molecular flexibility index (Phi) is 6.06. The van der Waals surface area contributed by atoms with Gasteiger partial charge in [0.05, 0.1) is 0 Å². The fourth-order valence-electron chi connectivity index (χ4n) is 0.0544. The van der Waals surface area contributed by atoms with Gasteiger partial charge in [-0.15, -0.1) is 20.2 Å². The molecule has 0 aliphatic carbocycles. The Morgan fingerprint density at radius 3 is 1.38 bits per heavy atom. The molecule has 0 aromatic heterocycles. The van der Waals surface area contributed by atoms with E-state index in [1.54, 1.807) is 0 Å². The summed E-state index contributed by atoms with van der Waals surface area (Å²) in [6.45, 7) is 0. The average Bonchev–Trinajstić information content (AvgIpc) is 1.27. The second-order valence-corrected chi connectivity index (χ2v) is 0.529. The molecule has 8 heteroatoms. The van der Waals surface area contributed by atoms with Gasteiger partial charge in [0, 0.05) is 4.94 Å². The number of nitrogens with zero attached hydrogens (tertiary/aromatic N) is 2. The summed E-state index contributed by atoms with van der Waals surface area (Å²) in [6.07, 6.45) is 0. The van der Waals surface area contributed by atoms with Gasteiger partial charge < -0.3 is 0 Å². The maximum absolute atomic E-state index is 8.95. The van der Waals surface area contributed by atoms with E-state index in [0.29, 0.717) is 0 Å². The Morgan fingerprint density at radius 1 is 1.12 bits per heavy atom. The first-order valence-corrected chi connectivity index (χ1v) is 1.10. The van der Waals surface area contributed by atoms with E-state index in [4.69, 9.17) is 20.2 Å². The Labute approximate surface area is 62.0 Å². The van der Waals surface area contributed by atoms with Crippen molar-refractivity contribution in [3.63, 3.8) is 0 Å². The van der Waals surface area contributed by atoms with E-state index in [1.165, 1.54) is 0 Å². The molecule has 0 fully saturated rings. The molecule has 0 radical (unpaired) electrons. The molecule has 0 aromatic rings. The summed E-state index contributed by atoms with van der Waals surface area (Å²) in [5, 5.41) is 14.9. The van der Waals surface area contributed by atoms with Gasteiger partial charge in [-0.05, 0) is 0 Å². The zero-order valence-electron chi connectivity index (χ0n) is 3.64. The Balaban J connectivity index is 0. The van der Waals surface area contributed by atoms with Crippen LogP contribution in [-0.4, -0.2) is 36.4 Å². The van der Waals surface area contributed by atoms with Crippen molar-refractivity contribution in [2.75, 3.05) is 0 Å². The van der Waals surface area contributed by atoms with Crippen LogP contribution >= 0.6 is 0 Å². The average molecular weight is 320 g/mol. The van der Waals surface area contributed by atoms with Gasteiger partial charge in [0.1, 0.15) is 0 Å². The fourth-order valence-corrected chi connectivity index (χ4v) is 0.0544. The summed E-state index contributed by atoms with van der Waals surface area (Å²) >= 11 is 0. The van der Waals surface area contributed by atoms with Crippen molar-refractivity contribution in [2.24, 2.45) is 0 Å². The number of rotatable bonds is 2. The van der Waals surface area contributed by atoms with Gasteiger partial charge in [0.2, 0.25) is 0 Å². The first kappa shape index (κ1) is 10.5. The Morgan fingerprint density at radius 2 is 1.38 bits per heavy atom. The molecule has 0 rings (SSSR count). The van der Waals surface area contributed by atoms with Crippen molar-refractivity contribution < 1.29 is 15.1 Å². The minimum atomic E-state index is -1.50. The van der Waals surface area contributed by atoms with Gasteiger partial charge in [-0.25, -0.2) is 0 Å². The molecule has 0 spiro atoms. The summed E-state index contributed by atoms with van der Waals surface area (Å²) in [5.74, 6) is 0. The fraction of sp³-hybridized carbons (Fsp3) is 0.